The highest BCUT2D eigenvalue weighted by Crippen LogP contribution is 2.50. The minimum absolute atomic E-state index is 0.125. The summed E-state index contributed by atoms with van der Waals surface area (Å²) >= 11 is 0. The van der Waals surface area contributed by atoms with Gasteiger partial charge in [0.25, 0.3) is 0 Å². The third kappa shape index (κ3) is 6.04. The van der Waals surface area contributed by atoms with E-state index in [1.807, 2.05) is 48.3 Å². The molecule has 5 heterocycles. The molecule has 8 rings (SSSR count). The Morgan fingerprint density at radius 3 is 2.60 bits per heavy atom. The number of hydrogen-bond donors (Lipinski definition) is 0. The Morgan fingerprint density at radius 1 is 1.02 bits per heavy atom. The highest BCUT2D eigenvalue weighted by atomic mass is 19.1. The molecule has 0 radical (unpaired) electrons. The molecule has 2 fully saturated rings. The van der Waals surface area contributed by atoms with Gasteiger partial charge in [-0.15, -0.1) is 0 Å². The number of methoxy groups -OCH3 is 1. The van der Waals surface area contributed by atoms with Gasteiger partial charge in [0.2, 0.25) is 5.95 Å². The molecule has 256 valence electrons. The third-order valence-electron chi connectivity index (χ3n) is 9.57. The van der Waals surface area contributed by atoms with Gasteiger partial charge in [-0.2, -0.15) is 15.2 Å². The standard InChI is InChI=1S/C38H40FN9O2/c1-24-9-16-31(30(39)20-24)45(3)38-42-35(29-22-41-47-18-7-17-40-36(29)47)34(27-12-13-27)37(43-38)46(23-26-10-14-28(49-4)15-11-26)32-21-25(2)48(44-32)33-8-5-6-19-50-33/h7,9-11,14-18,20-22,27,33H,5-6,8,12-13,19,23H2,1-4H3. The maximum Gasteiger partial charge on any atom is 0.232 e. The van der Waals surface area contributed by atoms with Crippen molar-refractivity contribution >= 4 is 28.9 Å². The van der Waals surface area contributed by atoms with Crippen LogP contribution in [0.25, 0.3) is 16.9 Å². The fraction of sp³-hybridized carbons (Fsp3) is 0.342. The largest absolute Gasteiger partial charge is 0.497 e. The summed E-state index contributed by atoms with van der Waals surface area (Å²) in [7, 11) is 3.47. The van der Waals surface area contributed by atoms with E-state index in [1.54, 1.807) is 35.8 Å². The van der Waals surface area contributed by atoms with Gasteiger partial charge in [0.15, 0.2) is 17.7 Å². The average molecular weight is 674 g/mol. The number of halogens is 1. The minimum Gasteiger partial charge on any atom is -0.497 e. The molecule has 2 aliphatic rings. The molecule has 6 aromatic rings. The van der Waals surface area contributed by atoms with E-state index in [0.29, 0.717) is 29.6 Å². The molecular weight excluding hydrogens is 633 g/mol. The van der Waals surface area contributed by atoms with Gasteiger partial charge in [-0.3, -0.25) is 0 Å². The van der Waals surface area contributed by atoms with Gasteiger partial charge in [-0.1, -0.05) is 18.2 Å². The Hall–Kier alpha value is -5.36. The Balaban J connectivity index is 1.36. The Labute approximate surface area is 290 Å². The van der Waals surface area contributed by atoms with Crippen molar-refractivity contribution in [1.29, 1.82) is 0 Å². The molecule has 1 unspecified atom stereocenters. The maximum absolute atomic E-state index is 15.5. The normalized spacial score (nSPS) is 16.1. The van der Waals surface area contributed by atoms with Gasteiger partial charge in [0, 0.05) is 43.4 Å². The number of aromatic nitrogens is 7. The van der Waals surface area contributed by atoms with Crippen LogP contribution >= 0.6 is 0 Å². The molecule has 4 aromatic heterocycles. The number of ether oxygens (including phenoxy) is 2. The topological polar surface area (TPSA) is 98.7 Å². The number of aryl methyl sites for hydroxylation is 2. The Kier molecular flexibility index (Phi) is 8.39. The summed E-state index contributed by atoms with van der Waals surface area (Å²) in [5.74, 6) is 2.46. The quantitative estimate of drug-likeness (QED) is 0.144. The predicted octanol–water partition coefficient (Wildman–Crippen LogP) is 7.83. The Bertz CT molecular complexity index is 2150. The van der Waals surface area contributed by atoms with Gasteiger partial charge in [-0.05, 0) is 93.3 Å². The highest BCUT2D eigenvalue weighted by molar-refractivity contribution is 5.82. The summed E-state index contributed by atoms with van der Waals surface area (Å²) in [6.07, 6.45) is 10.4. The lowest BCUT2D eigenvalue weighted by atomic mass is 10.0. The first-order valence-corrected chi connectivity index (χ1v) is 17.2. The number of rotatable bonds is 10. The van der Waals surface area contributed by atoms with Gasteiger partial charge in [0.05, 0.1) is 36.8 Å². The molecule has 0 spiro atoms. The van der Waals surface area contributed by atoms with Crippen molar-refractivity contribution in [3.05, 3.63) is 101 Å². The van der Waals surface area contributed by atoms with Gasteiger partial charge < -0.3 is 19.3 Å². The summed E-state index contributed by atoms with van der Waals surface area (Å²) in [6, 6.07) is 17.2. The molecule has 0 amide bonds. The summed E-state index contributed by atoms with van der Waals surface area (Å²) in [6.45, 7) is 5.13. The van der Waals surface area contributed by atoms with Crippen LogP contribution in [-0.4, -0.2) is 55.1 Å². The second-order valence-corrected chi connectivity index (χ2v) is 13.2. The van der Waals surface area contributed by atoms with Crippen LogP contribution in [0.1, 0.15) is 66.6 Å². The van der Waals surface area contributed by atoms with E-state index in [0.717, 1.165) is 83.9 Å². The molecule has 50 heavy (non-hydrogen) atoms. The zero-order chi connectivity index (χ0) is 34.4. The van der Waals surface area contributed by atoms with Crippen molar-refractivity contribution in [2.45, 2.75) is 64.6 Å². The van der Waals surface area contributed by atoms with Crippen LogP contribution in [0, 0.1) is 19.7 Å². The summed E-state index contributed by atoms with van der Waals surface area (Å²) in [4.78, 5) is 19.1. The minimum atomic E-state index is -0.347. The van der Waals surface area contributed by atoms with Gasteiger partial charge in [0.1, 0.15) is 17.4 Å². The van der Waals surface area contributed by atoms with E-state index in [9.17, 15) is 0 Å². The van der Waals surface area contributed by atoms with Crippen molar-refractivity contribution in [1.82, 2.24) is 34.3 Å². The van der Waals surface area contributed by atoms with Crippen LogP contribution in [0.5, 0.6) is 5.75 Å². The molecule has 1 aliphatic heterocycles. The number of anilines is 4. The zero-order valence-electron chi connectivity index (χ0n) is 28.8. The molecule has 0 bridgehead atoms. The van der Waals surface area contributed by atoms with Crippen LogP contribution in [0.2, 0.25) is 0 Å². The summed E-state index contributed by atoms with van der Waals surface area (Å²) < 4.78 is 30.9. The molecule has 1 saturated carbocycles. The molecule has 12 heteroatoms. The van der Waals surface area contributed by atoms with E-state index < -0.39 is 0 Å². The van der Waals surface area contributed by atoms with Gasteiger partial charge in [-0.25, -0.2) is 23.6 Å². The number of fused-ring (bicyclic) bond motifs is 1. The van der Waals surface area contributed by atoms with Crippen LogP contribution in [-0.2, 0) is 11.3 Å². The SMILES string of the molecule is COc1ccc(CN(c2cc(C)n(C3CCCCO3)n2)c2nc(N(C)c3ccc(C)cc3F)nc(-c3cnn4cccnc34)c2C2CC2)cc1. The molecular formula is C38H40FN9O2. The molecule has 1 aliphatic carbocycles. The number of hydrogen-bond acceptors (Lipinski definition) is 9. The average Bonchev–Trinajstić information content (AvgIpc) is 3.77. The first-order chi connectivity index (χ1) is 24.4. The molecule has 11 nitrogen and oxygen atoms in total. The molecule has 1 atom stereocenters. The smallest absolute Gasteiger partial charge is 0.232 e. The molecule has 2 aromatic carbocycles. The van der Waals surface area contributed by atoms with Crippen molar-refractivity contribution < 1.29 is 13.9 Å². The summed E-state index contributed by atoms with van der Waals surface area (Å²) in [5.41, 5.74) is 6.46. The lowest BCUT2D eigenvalue weighted by Gasteiger charge is -2.28. The summed E-state index contributed by atoms with van der Waals surface area (Å²) in [5, 5.41) is 9.81. The first-order valence-electron chi connectivity index (χ1n) is 17.2. The molecule has 0 N–H and O–H groups in total. The van der Waals surface area contributed by atoms with Crippen LogP contribution in [0.4, 0.5) is 27.7 Å². The highest BCUT2D eigenvalue weighted by Gasteiger charge is 2.36. The van der Waals surface area contributed by atoms with Crippen LogP contribution < -0.4 is 14.5 Å². The van der Waals surface area contributed by atoms with Crippen LogP contribution in [0.15, 0.2) is 73.2 Å². The van der Waals surface area contributed by atoms with Gasteiger partial charge >= 0.3 is 0 Å². The Morgan fingerprint density at radius 2 is 1.86 bits per heavy atom. The fourth-order valence-corrected chi connectivity index (χ4v) is 6.73. The van der Waals surface area contributed by atoms with Crippen molar-refractivity contribution in [3.63, 3.8) is 0 Å². The number of benzene rings is 2. The second kappa shape index (κ2) is 13.2. The third-order valence-corrected chi connectivity index (χ3v) is 9.57. The zero-order valence-corrected chi connectivity index (χ0v) is 28.8. The van der Waals surface area contributed by atoms with E-state index in [4.69, 9.17) is 24.5 Å². The maximum atomic E-state index is 15.5. The van der Waals surface area contributed by atoms with Crippen LogP contribution in [0.3, 0.4) is 0 Å². The van der Waals surface area contributed by atoms with Crippen molar-refractivity contribution in [2.24, 2.45) is 0 Å². The monoisotopic (exact) mass is 673 g/mol. The van der Waals surface area contributed by atoms with E-state index >= 15 is 4.39 Å². The molecule has 1 saturated heterocycles. The lowest BCUT2D eigenvalue weighted by molar-refractivity contribution is -0.0405. The van der Waals surface area contributed by atoms with Crippen molar-refractivity contribution in [2.75, 3.05) is 30.6 Å². The second-order valence-electron chi connectivity index (χ2n) is 13.2. The lowest BCUT2D eigenvalue weighted by Crippen LogP contribution is -2.24. The van der Waals surface area contributed by atoms with E-state index in [1.165, 1.54) is 6.07 Å². The van der Waals surface area contributed by atoms with E-state index in [-0.39, 0.29) is 18.0 Å². The van der Waals surface area contributed by atoms with Crippen molar-refractivity contribution in [3.8, 4) is 17.0 Å². The number of nitrogens with zero attached hydrogens (tertiary/aromatic N) is 9. The first kappa shape index (κ1) is 31.9. The fourth-order valence-electron chi connectivity index (χ4n) is 6.73. The van der Waals surface area contributed by atoms with E-state index in [2.05, 4.69) is 40.1 Å². The predicted molar refractivity (Wildman–Crippen MR) is 190 cm³/mol.